The van der Waals surface area contributed by atoms with Crippen LogP contribution >= 0.6 is 15.9 Å². The first-order chi connectivity index (χ1) is 13.0. The molecule has 5 heteroatoms. The minimum absolute atomic E-state index is 0.0203. The molecule has 0 unspecified atom stereocenters. The van der Waals surface area contributed by atoms with Gasteiger partial charge in [-0.05, 0) is 72.5 Å². The number of nitrogens with one attached hydrogen (secondary N) is 1. The van der Waals surface area contributed by atoms with Crippen LogP contribution in [0.4, 0.5) is 0 Å². The summed E-state index contributed by atoms with van der Waals surface area (Å²) >= 11 is 3.48. The molecule has 0 aliphatic carbocycles. The van der Waals surface area contributed by atoms with Crippen LogP contribution in [0.15, 0.2) is 53.3 Å². The summed E-state index contributed by atoms with van der Waals surface area (Å²) in [6.45, 7) is 8.88. The van der Waals surface area contributed by atoms with Crippen LogP contribution in [-0.2, 0) is 0 Å². The Kier molecular flexibility index (Phi) is 8.04. The van der Waals surface area contributed by atoms with Gasteiger partial charge in [-0.15, -0.1) is 0 Å². The van der Waals surface area contributed by atoms with Gasteiger partial charge < -0.3 is 5.32 Å². The molecular formula is C22H28BrN3O. The number of amides is 1. The van der Waals surface area contributed by atoms with Gasteiger partial charge in [-0.3, -0.25) is 4.79 Å². The third kappa shape index (κ3) is 5.42. The van der Waals surface area contributed by atoms with Crippen LogP contribution in [0.1, 0.15) is 61.5 Å². The van der Waals surface area contributed by atoms with E-state index in [0.717, 1.165) is 46.4 Å². The van der Waals surface area contributed by atoms with Gasteiger partial charge in [0.25, 0.3) is 5.91 Å². The Morgan fingerprint density at radius 2 is 2.04 bits per heavy atom. The molecule has 1 heterocycles. The predicted octanol–water partition coefficient (Wildman–Crippen LogP) is 5.76. The number of unbranched alkanes of at least 4 members (excludes halogenated alkanes) is 1. The maximum absolute atomic E-state index is 12.3. The van der Waals surface area contributed by atoms with E-state index < -0.39 is 0 Å². The van der Waals surface area contributed by atoms with Gasteiger partial charge >= 0.3 is 0 Å². The van der Waals surface area contributed by atoms with E-state index in [0.29, 0.717) is 12.1 Å². The minimum atomic E-state index is -0.0203. The van der Waals surface area contributed by atoms with Gasteiger partial charge in [0.05, 0.1) is 11.4 Å². The Hall–Kier alpha value is -2.14. The van der Waals surface area contributed by atoms with Crippen molar-refractivity contribution < 1.29 is 4.79 Å². The van der Waals surface area contributed by atoms with Crippen molar-refractivity contribution in [3.8, 4) is 0 Å². The van der Waals surface area contributed by atoms with Crippen LogP contribution in [0.5, 0.6) is 0 Å². The average Bonchev–Trinajstić information content (AvgIpc) is 2.66. The molecule has 1 aliphatic rings. The molecule has 0 spiro atoms. The van der Waals surface area contributed by atoms with Crippen LogP contribution in [-0.4, -0.2) is 22.1 Å². The van der Waals surface area contributed by atoms with E-state index in [1.807, 2.05) is 50.1 Å². The van der Waals surface area contributed by atoms with Crippen LogP contribution in [0.2, 0.25) is 0 Å². The first-order valence-electron chi connectivity index (χ1n) is 9.49. The Labute approximate surface area is 170 Å². The van der Waals surface area contributed by atoms with E-state index in [2.05, 4.69) is 51.5 Å². The summed E-state index contributed by atoms with van der Waals surface area (Å²) in [5, 5.41) is 9.55. The lowest BCUT2D eigenvalue weighted by Crippen LogP contribution is -2.25. The number of hydrogen-bond donors (Lipinski definition) is 1. The molecule has 0 bridgehead atoms. The normalized spacial score (nSPS) is 15.9. The largest absolute Gasteiger partial charge is 0.352 e. The van der Waals surface area contributed by atoms with Crippen LogP contribution in [0.3, 0.4) is 0 Å². The molecule has 0 saturated carbocycles. The zero-order chi connectivity index (χ0) is 19.8. The summed E-state index contributed by atoms with van der Waals surface area (Å²) in [7, 11) is 0. The second-order valence-electron chi connectivity index (χ2n) is 6.45. The van der Waals surface area contributed by atoms with Gasteiger partial charge in [0.15, 0.2) is 0 Å². The second kappa shape index (κ2) is 10.3. The van der Waals surface area contributed by atoms with Gasteiger partial charge in [-0.1, -0.05) is 38.5 Å². The lowest BCUT2D eigenvalue weighted by Gasteiger charge is -2.26. The van der Waals surface area contributed by atoms with E-state index in [1.165, 1.54) is 0 Å². The van der Waals surface area contributed by atoms with E-state index in [1.54, 1.807) is 0 Å². The Balaban J connectivity index is 2.35. The highest BCUT2D eigenvalue weighted by Crippen LogP contribution is 2.29. The monoisotopic (exact) mass is 429 g/mol. The molecule has 0 radical (unpaired) electrons. The molecule has 1 N–H and O–H groups in total. The van der Waals surface area contributed by atoms with E-state index >= 15 is 0 Å². The summed E-state index contributed by atoms with van der Waals surface area (Å²) < 4.78 is 0.780. The minimum Gasteiger partial charge on any atom is -0.352 e. The fourth-order valence-corrected chi connectivity index (χ4v) is 3.16. The molecule has 0 aromatic heterocycles. The van der Waals surface area contributed by atoms with Crippen molar-refractivity contribution in [3.63, 3.8) is 0 Å². The van der Waals surface area contributed by atoms with Gasteiger partial charge in [0.2, 0.25) is 0 Å². The van der Waals surface area contributed by atoms with Gasteiger partial charge in [-0.2, -0.15) is 5.10 Å². The van der Waals surface area contributed by atoms with Crippen LogP contribution in [0, 0.1) is 6.92 Å². The number of rotatable bonds is 7. The smallest absolute Gasteiger partial charge is 0.251 e. The predicted molar refractivity (Wildman–Crippen MR) is 118 cm³/mol. The Morgan fingerprint density at radius 1 is 1.26 bits per heavy atom. The second-order valence-corrected chi connectivity index (χ2v) is 7.26. The van der Waals surface area contributed by atoms with Crippen molar-refractivity contribution in [3.05, 3.63) is 64.9 Å². The fraction of sp³-hybridized carbons (Fsp3) is 0.364. The van der Waals surface area contributed by atoms with Crippen molar-refractivity contribution in [2.45, 2.75) is 47.0 Å². The maximum atomic E-state index is 12.3. The van der Waals surface area contributed by atoms with Crippen molar-refractivity contribution in [1.29, 1.82) is 0 Å². The number of carbonyl (C=O) groups excluding carboxylic acids is 1. The molecule has 2 rings (SSSR count). The van der Waals surface area contributed by atoms with Gasteiger partial charge in [-0.25, -0.2) is 5.01 Å². The van der Waals surface area contributed by atoms with Crippen molar-refractivity contribution in [2.75, 3.05) is 6.54 Å². The highest BCUT2D eigenvalue weighted by molar-refractivity contribution is 9.18. The number of hydrazone groups is 1. The van der Waals surface area contributed by atoms with Crippen LogP contribution in [0.25, 0.3) is 5.70 Å². The highest BCUT2D eigenvalue weighted by atomic mass is 79.9. The van der Waals surface area contributed by atoms with E-state index in [9.17, 15) is 4.79 Å². The molecule has 0 saturated heterocycles. The average molecular weight is 430 g/mol. The number of nitrogens with zero attached hydrogens (tertiary/aromatic N) is 2. The molecule has 144 valence electrons. The lowest BCUT2D eigenvalue weighted by atomic mass is 10.0. The Morgan fingerprint density at radius 3 is 2.67 bits per heavy atom. The summed E-state index contributed by atoms with van der Waals surface area (Å²) in [5.74, 6) is -0.0203. The standard InChI is InChI=1S/C22H28BrN3O/c1-5-8-9-18-11-13-21(23)25-26(18)20(7-3)17-10-12-19(16(4)15-17)22(27)24-14-6-2/h7,9-13,15H,5-6,8,14H2,1-4H3,(H,24,27)/b18-9+,20-7-. The number of hydrogen-bond acceptors (Lipinski definition) is 3. The molecule has 27 heavy (non-hydrogen) atoms. The zero-order valence-electron chi connectivity index (χ0n) is 16.6. The van der Waals surface area contributed by atoms with Gasteiger partial charge in [0, 0.05) is 17.7 Å². The molecule has 4 nitrogen and oxygen atoms in total. The van der Waals surface area contributed by atoms with Crippen LogP contribution < -0.4 is 5.32 Å². The van der Waals surface area contributed by atoms with Gasteiger partial charge in [0.1, 0.15) is 4.62 Å². The van der Waals surface area contributed by atoms with Crippen molar-refractivity contribution in [1.82, 2.24) is 10.3 Å². The van der Waals surface area contributed by atoms with E-state index in [4.69, 9.17) is 0 Å². The first-order valence-corrected chi connectivity index (χ1v) is 10.3. The number of aryl methyl sites for hydroxylation is 1. The first kappa shape index (κ1) is 21.2. The van der Waals surface area contributed by atoms with Crippen molar-refractivity contribution >= 4 is 32.2 Å². The topological polar surface area (TPSA) is 44.7 Å². The zero-order valence-corrected chi connectivity index (χ0v) is 18.1. The number of allylic oxidation sites excluding steroid dienone is 4. The van der Waals surface area contributed by atoms with Crippen molar-refractivity contribution in [2.24, 2.45) is 5.10 Å². The summed E-state index contributed by atoms with van der Waals surface area (Å²) in [4.78, 5) is 12.3. The molecule has 1 aromatic carbocycles. The van der Waals surface area contributed by atoms with E-state index in [-0.39, 0.29) is 5.91 Å². The Bertz CT molecular complexity index is 806. The molecular weight excluding hydrogens is 402 g/mol. The molecule has 0 fully saturated rings. The number of carbonyl (C=O) groups is 1. The molecule has 1 aliphatic heterocycles. The molecule has 0 atom stereocenters. The molecule has 1 amide bonds. The third-order valence-electron chi connectivity index (χ3n) is 4.28. The maximum Gasteiger partial charge on any atom is 0.251 e. The fourth-order valence-electron chi connectivity index (χ4n) is 2.87. The third-order valence-corrected chi connectivity index (χ3v) is 4.70. The SMILES string of the molecule is C/C=C(/c1ccc(C(=O)NCCC)c(C)c1)N1N=C(Br)C=C/C1=C\CCC. The summed E-state index contributed by atoms with van der Waals surface area (Å²) in [5.41, 5.74) is 4.74. The summed E-state index contributed by atoms with van der Waals surface area (Å²) in [6, 6.07) is 5.94. The quantitative estimate of drug-likeness (QED) is 0.598. The number of benzene rings is 1. The number of halogens is 1. The summed E-state index contributed by atoms with van der Waals surface area (Å²) in [6.07, 6.45) is 11.3. The molecule has 1 aromatic rings. The highest BCUT2D eigenvalue weighted by Gasteiger charge is 2.18. The lowest BCUT2D eigenvalue weighted by molar-refractivity contribution is 0.0953.